The Hall–Kier alpha value is -3.15. The van der Waals surface area contributed by atoms with Gasteiger partial charge in [-0.25, -0.2) is 9.78 Å². The molecule has 1 amide bonds. The zero-order chi connectivity index (χ0) is 19.0. The van der Waals surface area contributed by atoms with Crippen molar-refractivity contribution in [3.63, 3.8) is 0 Å². The van der Waals surface area contributed by atoms with Gasteiger partial charge in [-0.15, -0.1) is 0 Å². The van der Waals surface area contributed by atoms with E-state index in [0.717, 1.165) is 35.3 Å². The summed E-state index contributed by atoms with van der Waals surface area (Å²) in [6, 6.07) is 12.8. The van der Waals surface area contributed by atoms with Gasteiger partial charge in [0, 0.05) is 24.2 Å². The number of hydrogen-bond donors (Lipinski definition) is 2. The van der Waals surface area contributed by atoms with Gasteiger partial charge in [-0.2, -0.15) is 0 Å². The van der Waals surface area contributed by atoms with Gasteiger partial charge >= 0.3 is 5.97 Å². The van der Waals surface area contributed by atoms with Crippen LogP contribution in [0, 0.1) is 0 Å². The molecule has 1 saturated carbocycles. The maximum atomic E-state index is 12.0. The van der Waals surface area contributed by atoms with Gasteiger partial charge in [0.2, 0.25) is 0 Å². The van der Waals surface area contributed by atoms with E-state index in [9.17, 15) is 14.7 Å². The molecule has 6 heteroatoms. The molecule has 3 aromatic rings. The number of aromatic nitrogens is 2. The summed E-state index contributed by atoms with van der Waals surface area (Å²) in [4.78, 5) is 28.2. The number of nitrogens with one attached hydrogen (secondary N) is 1. The minimum absolute atomic E-state index is 0.151. The van der Waals surface area contributed by atoms with Crippen LogP contribution in [-0.2, 0) is 0 Å². The van der Waals surface area contributed by atoms with E-state index >= 15 is 0 Å². The molecular weight excluding hydrogens is 342 g/mol. The standard InChI is InChI=1S/C21H21N3O3/c1-22-20(25)14-9-10-18-17(12-14)23-19(24(18)16-7-2-3-8-16)13-5-4-6-15(11-13)21(26)27/h4-6,9-12,16H,2-3,7-8H2,1H3,(H,22,25)(H,26,27). The molecule has 0 spiro atoms. The van der Waals surface area contributed by atoms with Crippen LogP contribution in [0.5, 0.6) is 0 Å². The van der Waals surface area contributed by atoms with Crippen LogP contribution in [0.2, 0.25) is 0 Å². The summed E-state index contributed by atoms with van der Waals surface area (Å²) < 4.78 is 2.22. The molecule has 6 nitrogen and oxygen atoms in total. The Labute approximate surface area is 156 Å². The van der Waals surface area contributed by atoms with Crippen molar-refractivity contribution in [2.45, 2.75) is 31.7 Å². The summed E-state index contributed by atoms with van der Waals surface area (Å²) in [5.74, 6) is -0.349. The Morgan fingerprint density at radius 3 is 2.59 bits per heavy atom. The number of rotatable bonds is 4. The number of benzene rings is 2. The van der Waals surface area contributed by atoms with Gasteiger partial charge in [0.05, 0.1) is 16.6 Å². The van der Waals surface area contributed by atoms with Crippen LogP contribution in [0.25, 0.3) is 22.4 Å². The lowest BCUT2D eigenvalue weighted by molar-refractivity contribution is 0.0696. The Balaban J connectivity index is 1.92. The van der Waals surface area contributed by atoms with E-state index in [1.807, 2.05) is 18.2 Å². The molecule has 0 saturated heterocycles. The quantitative estimate of drug-likeness (QED) is 0.737. The molecule has 0 unspecified atom stereocenters. The first kappa shape index (κ1) is 17.3. The second-order valence-electron chi connectivity index (χ2n) is 6.91. The van der Waals surface area contributed by atoms with Crippen LogP contribution in [-0.4, -0.2) is 33.6 Å². The highest BCUT2D eigenvalue weighted by atomic mass is 16.4. The zero-order valence-electron chi connectivity index (χ0n) is 15.1. The Bertz CT molecular complexity index is 1030. The predicted octanol–water partition coefficient (Wildman–Crippen LogP) is 3.88. The zero-order valence-corrected chi connectivity index (χ0v) is 15.1. The topological polar surface area (TPSA) is 84.2 Å². The first-order chi connectivity index (χ1) is 13.1. The number of aromatic carboxylic acids is 1. The van der Waals surface area contributed by atoms with Gasteiger partial charge in [-0.3, -0.25) is 4.79 Å². The number of carbonyl (C=O) groups is 2. The van der Waals surface area contributed by atoms with Crippen molar-refractivity contribution < 1.29 is 14.7 Å². The third-order valence-corrected chi connectivity index (χ3v) is 5.24. The molecule has 4 rings (SSSR count). The average molecular weight is 363 g/mol. The Morgan fingerprint density at radius 1 is 1.11 bits per heavy atom. The van der Waals surface area contributed by atoms with E-state index in [-0.39, 0.29) is 11.5 Å². The lowest BCUT2D eigenvalue weighted by Crippen LogP contribution is -2.17. The van der Waals surface area contributed by atoms with Crippen molar-refractivity contribution in [1.29, 1.82) is 0 Å². The van der Waals surface area contributed by atoms with Crippen molar-refractivity contribution in [2.75, 3.05) is 7.05 Å². The van der Waals surface area contributed by atoms with Gasteiger partial charge in [0.1, 0.15) is 5.82 Å². The number of imidazole rings is 1. The number of fused-ring (bicyclic) bond motifs is 1. The molecule has 2 aromatic carbocycles. The first-order valence-electron chi connectivity index (χ1n) is 9.16. The molecule has 0 bridgehead atoms. The fraction of sp³-hybridized carbons (Fsp3) is 0.286. The van der Waals surface area contributed by atoms with Gasteiger partial charge in [-0.05, 0) is 43.2 Å². The predicted molar refractivity (Wildman–Crippen MR) is 103 cm³/mol. The molecule has 138 valence electrons. The number of carboxylic acids is 1. The number of carboxylic acid groups (broad SMARTS) is 1. The van der Waals surface area contributed by atoms with Crippen LogP contribution in [0.4, 0.5) is 0 Å². The largest absolute Gasteiger partial charge is 0.478 e. The van der Waals surface area contributed by atoms with Crippen LogP contribution < -0.4 is 5.32 Å². The fourth-order valence-corrected chi connectivity index (χ4v) is 3.91. The molecule has 0 radical (unpaired) electrons. The van der Waals surface area contributed by atoms with Crippen molar-refractivity contribution in [1.82, 2.24) is 14.9 Å². The number of amides is 1. The highest BCUT2D eigenvalue weighted by Gasteiger charge is 2.24. The number of hydrogen-bond acceptors (Lipinski definition) is 3. The molecule has 2 N–H and O–H groups in total. The summed E-state index contributed by atoms with van der Waals surface area (Å²) in [5.41, 5.74) is 3.30. The van der Waals surface area contributed by atoms with E-state index in [0.29, 0.717) is 11.6 Å². The third kappa shape index (κ3) is 3.07. The maximum Gasteiger partial charge on any atom is 0.335 e. The third-order valence-electron chi connectivity index (χ3n) is 5.24. The molecular formula is C21H21N3O3. The molecule has 1 fully saturated rings. The van der Waals surface area contributed by atoms with Crippen molar-refractivity contribution in [3.05, 3.63) is 53.6 Å². The number of carbonyl (C=O) groups excluding carboxylic acids is 1. The van der Waals surface area contributed by atoms with Crippen LogP contribution in [0.3, 0.4) is 0 Å². The lowest BCUT2D eigenvalue weighted by Gasteiger charge is -2.16. The van der Waals surface area contributed by atoms with E-state index in [2.05, 4.69) is 9.88 Å². The first-order valence-corrected chi connectivity index (χ1v) is 9.16. The maximum absolute atomic E-state index is 12.0. The highest BCUT2D eigenvalue weighted by Crippen LogP contribution is 2.37. The Morgan fingerprint density at radius 2 is 1.89 bits per heavy atom. The van der Waals surface area contributed by atoms with Crippen molar-refractivity contribution in [2.24, 2.45) is 0 Å². The smallest absolute Gasteiger partial charge is 0.335 e. The van der Waals surface area contributed by atoms with Gasteiger partial charge in [0.25, 0.3) is 5.91 Å². The Kier molecular flexibility index (Phi) is 4.39. The molecule has 1 aliphatic rings. The highest BCUT2D eigenvalue weighted by molar-refractivity contribution is 5.98. The van der Waals surface area contributed by atoms with Crippen molar-refractivity contribution >= 4 is 22.9 Å². The monoisotopic (exact) mass is 363 g/mol. The summed E-state index contributed by atoms with van der Waals surface area (Å²) in [5, 5.41) is 12.0. The summed E-state index contributed by atoms with van der Waals surface area (Å²) in [6.45, 7) is 0. The van der Waals surface area contributed by atoms with Crippen LogP contribution in [0.15, 0.2) is 42.5 Å². The van der Waals surface area contributed by atoms with E-state index in [4.69, 9.17) is 4.98 Å². The van der Waals surface area contributed by atoms with Crippen molar-refractivity contribution in [3.8, 4) is 11.4 Å². The molecule has 1 aromatic heterocycles. The van der Waals surface area contributed by atoms with Gasteiger partial charge in [-0.1, -0.05) is 25.0 Å². The minimum Gasteiger partial charge on any atom is -0.478 e. The van der Waals surface area contributed by atoms with Crippen LogP contribution >= 0.6 is 0 Å². The summed E-state index contributed by atoms with van der Waals surface area (Å²) in [6.07, 6.45) is 4.51. The second-order valence-corrected chi connectivity index (χ2v) is 6.91. The normalized spacial score (nSPS) is 14.6. The SMILES string of the molecule is CNC(=O)c1ccc2c(c1)nc(-c1cccc(C(=O)O)c1)n2C1CCCC1. The van der Waals surface area contributed by atoms with Crippen LogP contribution in [0.1, 0.15) is 52.4 Å². The molecule has 27 heavy (non-hydrogen) atoms. The number of nitrogens with zero attached hydrogens (tertiary/aromatic N) is 2. The van der Waals surface area contributed by atoms with E-state index in [1.165, 1.54) is 12.8 Å². The molecule has 1 aliphatic carbocycles. The summed E-state index contributed by atoms with van der Waals surface area (Å²) >= 11 is 0. The lowest BCUT2D eigenvalue weighted by atomic mass is 10.1. The molecule has 0 aliphatic heterocycles. The van der Waals surface area contributed by atoms with Gasteiger partial charge in [0.15, 0.2) is 0 Å². The fourth-order valence-electron chi connectivity index (χ4n) is 3.91. The second kappa shape index (κ2) is 6.87. The summed E-state index contributed by atoms with van der Waals surface area (Å²) in [7, 11) is 1.60. The van der Waals surface area contributed by atoms with Gasteiger partial charge < -0.3 is 15.0 Å². The minimum atomic E-state index is -0.956. The average Bonchev–Trinajstić information content (AvgIpc) is 3.34. The molecule has 0 atom stereocenters. The molecule has 1 heterocycles. The van der Waals surface area contributed by atoms with E-state index in [1.54, 1.807) is 31.3 Å². The van der Waals surface area contributed by atoms with E-state index < -0.39 is 5.97 Å².